The Morgan fingerprint density at radius 3 is 2.16 bits per heavy atom. The number of hydrogen-bond acceptors (Lipinski definition) is 5. The number of esters is 1. The summed E-state index contributed by atoms with van der Waals surface area (Å²) in [7, 11) is -3.53. The second-order valence-corrected chi connectivity index (χ2v) is 7.43. The molecule has 25 heavy (non-hydrogen) atoms. The Labute approximate surface area is 148 Å². The van der Waals surface area contributed by atoms with Crippen LogP contribution in [0.2, 0.25) is 0 Å². The van der Waals surface area contributed by atoms with E-state index in [1.54, 1.807) is 27.7 Å². The van der Waals surface area contributed by atoms with E-state index in [0.717, 1.165) is 5.57 Å². The van der Waals surface area contributed by atoms with Crippen LogP contribution in [0.4, 0.5) is 5.69 Å². The van der Waals surface area contributed by atoms with Crippen molar-refractivity contribution in [3.05, 3.63) is 35.9 Å². The standard InChI is InChI=1S/C17H24N2O5S/c1-5-19(6-2)25(22,23)15-9-7-14(8-10-15)18-16(20)12-24-17(21)11-13(3)4/h7-11H,5-6,12H2,1-4H3,(H,18,20). The average Bonchev–Trinajstić information content (AvgIpc) is 2.54. The van der Waals surface area contributed by atoms with Gasteiger partial charge in [-0.05, 0) is 38.1 Å². The average molecular weight is 368 g/mol. The van der Waals surface area contributed by atoms with Crippen LogP contribution in [-0.2, 0) is 24.3 Å². The monoisotopic (exact) mass is 368 g/mol. The predicted molar refractivity (Wildman–Crippen MR) is 95.6 cm³/mol. The fourth-order valence-electron chi connectivity index (χ4n) is 2.03. The van der Waals surface area contributed by atoms with Gasteiger partial charge in [0.15, 0.2) is 6.61 Å². The van der Waals surface area contributed by atoms with Crippen LogP contribution in [0, 0.1) is 0 Å². The number of rotatable bonds is 8. The van der Waals surface area contributed by atoms with Crippen LogP contribution in [0.5, 0.6) is 0 Å². The normalized spacial score (nSPS) is 11.1. The first kappa shape index (κ1) is 20.9. The van der Waals surface area contributed by atoms with Crippen molar-refractivity contribution in [1.29, 1.82) is 0 Å². The molecule has 1 N–H and O–H groups in total. The molecule has 8 heteroatoms. The molecule has 0 unspecified atom stereocenters. The largest absolute Gasteiger partial charge is 0.452 e. The van der Waals surface area contributed by atoms with Crippen molar-refractivity contribution in [2.24, 2.45) is 0 Å². The topological polar surface area (TPSA) is 92.8 Å². The van der Waals surface area contributed by atoms with Gasteiger partial charge >= 0.3 is 5.97 Å². The lowest BCUT2D eigenvalue weighted by molar-refractivity contribution is -0.142. The van der Waals surface area contributed by atoms with Gasteiger partial charge in [0.05, 0.1) is 4.90 Å². The number of hydrogen-bond donors (Lipinski definition) is 1. The minimum absolute atomic E-state index is 0.157. The van der Waals surface area contributed by atoms with Gasteiger partial charge in [-0.1, -0.05) is 19.4 Å². The summed E-state index contributed by atoms with van der Waals surface area (Å²) in [5, 5.41) is 2.54. The molecule has 0 aromatic heterocycles. The molecule has 0 radical (unpaired) electrons. The van der Waals surface area contributed by atoms with Crippen LogP contribution in [-0.4, -0.2) is 44.3 Å². The number of allylic oxidation sites excluding steroid dienone is 1. The first-order chi connectivity index (χ1) is 11.7. The quantitative estimate of drug-likeness (QED) is 0.561. The maximum atomic E-state index is 12.4. The van der Waals surface area contributed by atoms with Gasteiger partial charge in [0.1, 0.15) is 0 Å². The highest BCUT2D eigenvalue weighted by Gasteiger charge is 2.21. The van der Waals surface area contributed by atoms with Gasteiger partial charge in [-0.15, -0.1) is 0 Å². The first-order valence-electron chi connectivity index (χ1n) is 7.92. The van der Waals surface area contributed by atoms with E-state index >= 15 is 0 Å². The van der Waals surface area contributed by atoms with Crippen LogP contribution in [0.1, 0.15) is 27.7 Å². The summed E-state index contributed by atoms with van der Waals surface area (Å²) in [6, 6.07) is 5.84. The summed E-state index contributed by atoms with van der Waals surface area (Å²) >= 11 is 0. The molecular formula is C17H24N2O5S. The van der Waals surface area contributed by atoms with Crippen molar-refractivity contribution in [2.45, 2.75) is 32.6 Å². The van der Waals surface area contributed by atoms with Gasteiger partial charge in [-0.3, -0.25) is 4.79 Å². The van der Waals surface area contributed by atoms with Gasteiger partial charge in [-0.2, -0.15) is 4.31 Å². The summed E-state index contributed by atoms with van der Waals surface area (Å²) < 4.78 is 30.9. The number of ether oxygens (including phenoxy) is 1. The molecular weight excluding hydrogens is 344 g/mol. The van der Waals surface area contributed by atoms with E-state index < -0.39 is 28.5 Å². The summed E-state index contributed by atoms with van der Waals surface area (Å²) in [4.78, 5) is 23.2. The Balaban J connectivity index is 2.70. The number of nitrogens with zero attached hydrogens (tertiary/aromatic N) is 1. The molecule has 0 spiro atoms. The summed E-state index contributed by atoms with van der Waals surface area (Å²) in [6.07, 6.45) is 1.29. The Hall–Kier alpha value is -2.19. The van der Waals surface area contributed by atoms with E-state index in [4.69, 9.17) is 4.74 Å². The second kappa shape index (κ2) is 9.33. The van der Waals surface area contributed by atoms with E-state index in [0.29, 0.717) is 18.8 Å². The summed E-state index contributed by atoms with van der Waals surface area (Å²) in [5.74, 6) is -1.09. The van der Waals surface area contributed by atoms with E-state index in [9.17, 15) is 18.0 Å². The minimum atomic E-state index is -3.53. The van der Waals surface area contributed by atoms with Crippen molar-refractivity contribution in [2.75, 3.05) is 25.0 Å². The van der Waals surface area contributed by atoms with Gasteiger partial charge < -0.3 is 10.1 Å². The van der Waals surface area contributed by atoms with Crippen molar-refractivity contribution in [3.8, 4) is 0 Å². The Morgan fingerprint density at radius 2 is 1.68 bits per heavy atom. The fraction of sp³-hybridized carbons (Fsp3) is 0.412. The third-order valence-corrected chi connectivity index (χ3v) is 5.30. The van der Waals surface area contributed by atoms with Crippen molar-refractivity contribution in [3.63, 3.8) is 0 Å². The number of amides is 1. The lowest BCUT2D eigenvalue weighted by Crippen LogP contribution is -2.30. The lowest BCUT2D eigenvalue weighted by Gasteiger charge is -2.18. The SMILES string of the molecule is CCN(CC)S(=O)(=O)c1ccc(NC(=O)COC(=O)C=C(C)C)cc1. The molecule has 138 valence electrons. The van der Waals surface area contributed by atoms with E-state index in [-0.39, 0.29) is 4.90 Å². The molecule has 0 aliphatic heterocycles. The smallest absolute Gasteiger partial charge is 0.331 e. The zero-order valence-electron chi connectivity index (χ0n) is 14.9. The maximum Gasteiger partial charge on any atom is 0.331 e. The van der Waals surface area contributed by atoms with Crippen molar-refractivity contribution in [1.82, 2.24) is 4.31 Å². The van der Waals surface area contributed by atoms with Crippen LogP contribution in [0.3, 0.4) is 0 Å². The molecule has 0 heterocycles. The van der Waals surface area contributed by atoms with E-state index in [1.807, 2.05) is 0 Å². The number of carbonyl (C=O) groups excluding carboxylic acids is 2. The van der Waals surface area contributed by atoms with Gasteiger partial charge in [0.25, 0.3) is 5.91 Å². The highest BCUT2D eigenvalue weighted by atomic mass is 32.2. The highest BCUT2D eigenvalue weighted by Crippen LogP contribution is 2.18. The number of nitrogens with one attached hydrogen (secondary N) is 1. The van der Waals surface area contributed by atoms with Gasteiger partial charge in [0.2, 0.25) is 10.0 Å². The summed E-state index contributed by atoms with van der Waals surface area (Å²) in [5.41, 5.74) is 1.19. The van der Waals surface area contributed by atoms with Gasteiger partial charge in [0, 0.05) is 24.9 Å². The number of sulfonamides is 1. The molecule has 0 bridgehead atoms. The second-order valence-electron chi connectivity index (χ2n) is 5.49. The predicted octanol–water partition coefficient (Wildman–Crippen LogP) is 2.17. The van der Waals surface area contributed by atoms with Crippen LogP contribution >= 0.6 is 0 Å². The Kier molecular flexibility index (Phi) is 7.79. The molecule has 0 atom stereocenters. The number of anilines is 1. The molecule has 0 aliphatic carbocycles. The number of carbonyl (C=O) groups is 2. The molecule has 7 nitrogen and oxygen atoms in total. The fourth-order valence-corrected chi connectivity index (χ4v) is 3.49. The third kappa shape index (κ3) is 6.32. The Morgan fingerprint density at radius 1 is 1.12 bits per heavy atom. The van der Waals surface area contributed by atoms with Crippen LogP contribution < -0.4 is 5.32 Å². The van der Waals surface area contributed by atoms with Crippen LogP contribution in [0.25, 0.3) is 0 Å². The van der Waals surface area contributed by atoms with Crippen molar-refractivity contribution < 1.29 is 22.7 Å². The van der Waals surface area contributed by atoms with Gasteiger partial charge in [-0.25, -0.2) is 13.2 Å². The van der Waals surface area contributed by atoms with E-state index in [1.165, 1.54) is 34.6 Å². The molecule has 1 rings (SSSR count). The minimum Gasteiger partial charge on any atom is -0.452 e. The maximum absolute atomic E-state index is 12.4. The lowest BCUT2D eigenvalue weighted by atomic mass is 10.3. The molecule has 0 fully saturated rings. The highest BCUT2D eigenvalue weighted by molar-refractivity contribution is 7.89. The third-order valence-electron chi connectivity index (χ3n) is 3.23. The van der Waals surface area contributed by atoms with E-state index in [2.05, 4.69) is 5.32 Å². The molecule has 0 saturated heterocycles. The molecule has 1 aromatic carbocycles. The first-order valence-corrected chi connectivity index (χ1v) is 9.36. The number of benzene rings is 1. The van der Waals surface area contributed by atoms with Crippen molar-refractivity contribution >= 4 is 27.6 Å². The molecule has 0 aliphatic rings. The zero-order chi connectivity index (χ0) is 19.0. The molecule has 1 amide bonds. The zero-order valence-corrected chi connectivity index (χ0v) is 15.7. The molecule has 1 aromatic rings. The Bertz CT molecular complexity index is 731. The summed E-state index contributed by atoms with van der Waals surface area (Å²) in [6.45, 7) is 7.38. The molecule has 0 saturated carbocycles. The van der Waals surface area contributed by atoms with Crippen LogP contribution in [0.15, 0.2) is 40.8 Å².